The third kappa shape index (κ3) is 4.71. The maximum absolute atomic E-state index is 13.2. The second-order valence-corrected chi connectivity index (χ2v) is 9.07. The van der Waals surface area contributed by atoms with Crippen LogP contribution in [0.25, 0.3) is 11.2 Å². The number of fused-ring (bicyclic) bond motifs is 1. The van der Waals surface area contributed by atoms with Crippen LogP contribution in [0.5, 0.6) is 0 Å². The van der Waals surface area contributed by atoms with E-state index in [1.54, 1.807) is 30.1 Å². The van der Waals surface area contributed by atoms with Crippen LogP contribution in [-0.4, -0.2) is 61.9 Å². The number of methoxy groups -OCH3 is 1. The van der Waals surface area contributed by atoms with Crippen molar-refractivity contribution in [2.75, 3.05) is 32.1 Å². The fraction of sp³-hybridized carbons (Fsp3) is 0.417. The number of allylic oxidation sites excluding steroid dienone is 4. The van der Waals surface area contributed by atoms with E-state index in [1.165, 1.54) is 32.1 Å². The number of nitrogens with zero attached hydrogens (tertiary/aromatic N) is 6. The van der Waals surface area contributed by atoms with E-state index in [-0.39, 0.29) is 5.91 Å². The second-order valence-electron chi connectivity index (χ2n) is 8.59. The summed E-state index contributed by atoms with van der Waals surface area (Å²) >= 11 is 6.38. The molecule has 2 aliphatic rings. The lowest BCUT2D eigenvalue weighted by Gasteiger charge is -2.16. The summed E-state index contributed by atoms with van der Waals surface area (Å²) in [5.41, 5.74) is 2.94. The molecule has 0 atom stereocenters. The molecular formula is C24H28ClN7O2. The van der Waals surface area contributed by atoms with Gasteiger partial charge in [0.25, 0.3) is 5.91 Å². The number of ether oxygens (including phenoxy) is 1. The van der Waals surface area contributed by atoms with Gasteiger partial charge in [0.05, 0.1) is 19.0 Å². The van der Waals surface area contributed by atoms with Gasteiger partial charge in [0.2, 0.25) is 0 Å². The zero-order valence-corrected chi connectivity index (χ0v) is 20.0. The van der Waals surface area contributed by atoms with Crippen molar-refractivity contribution >= 4 is 34.4 Å². The number of carbonyl (C=O) groups excluding carboxylic acids is 1. The summed E-state index contributed by atoms with van der Waals surface area (Å²) in [5, 5.41) is 12.8. The molecule has 10 heteroatoms. The number of nitrogens with one attached hydrogen (secondary N) is 1. The molecule has 1 N–H and O–H groups in total. The second kappa shape index (κ2) is 9.99. The monoisotopic (exact) mass is 481 g/mol. The zero-order chi connectivity index (χ0) is 23.5. The molecule has 9 nitrogen and oxygen atoms in total. The van der Waals surface area contributed by atoms with E-state index in [0.29, 0.717) is 29.0 Å². The Morgan fingerprint density at radius 3 is 2.91 bits per heavy atom. The van der Waals surface area contributed by atoms with Crippen LogP contribution in [0, 0.1) is 0 Å². The van der Waals surface area contributed by atoms with Crippen molar-refractivity contribution < 1.29 is 9.53 Å². The van der Waals surface area contributed by atoms with Crippen LogP contribution >= 0.6 is 11.6 Å². The number of carbonyl (C=O) groups is 1. The quantitative estimate of drug-likeness (QED) is 0.524. The lowest BCUT2D eigenvalue weighted by molar-refractivity contribution is 0.102. The van der Waals surface area contributed by atoms with Crippen LogP contribution in [0.4, 0.5) is 5.69 Å². The maximum atomic E-state index is 13.2. The van der Waals surface area contributed by atoms with Crippen LogP contribution < -0.4 is 5.32 Å². The van der Waals surface area contributed by atoms with Gasteiger partial charge in [-0.2, -0.15) is 10.2 Å². The fourth-order valence-corrected chi connectivity index (χ4v) is 4.76. The molecule has 4 heterocycles. The summed E-state index contributed by atoms with van der Waals surface area (Å²) < 4.78 is 9.11. The van der Waals surface area contributed by atoms with E-state index in [1.807, 2.05) is 17.0 Å². The van der Waals surface area contributed by atoms with Crippen LogP contribution in [-0.2, 0) is 11.3 Å². The minimum absolute atomic E-state index is 0.294. The minimum atomic E-state index is -0.294. The van der Waals surface area contributed by atoms with Gasteiger partial charge < -0.3 is 15.0 Å². The number of aromatic nitrogens is 5. The third-order valence-corrected chi connectivity index (χ3v) is 6.59. The molecule has 0 saturated carbocycles. The number of likely N-dealkylation sites (tertiary alicyclic amines) is 1. The van der Waals surface area contributed by atoms with Gasteiger partial charge in [0.15, 0.2) is 5.65 Å². The van der Waals surface area contributed by atoms with Crippen molar-refractivity contribution in [3.63, 3.8) is 0 Å². The molecule has 34 heavy (non-hydrogen) atoms. The topological polar surface area (TPSA) is 89.6 Å². The predicted molar refractivity (Wildman–Crippen MR) is 131 cm³/mol. The molecule has 0 aromatic carbocycles. The van der Waals surface area contributed by atoms with Gasteiger partial charge in [-0.1, -0.05) is 11.6 Å². The van der Waals surface area contributed by atoms with Crippen LogP contribution in [0.1, 0.15) is 48.2 Å². The van der Waals surface area contributed by atoms with Crippen LogP contribution in [0.3, 0.4) is 0 Å². The highest BCUT2D eigenvalue weighted by molar-refractivity contribution is 6.30. The van der Waals surface area contributed by atoms with E-state index >= 15 is 0 Å². The van der Waals surface area contributed by atoms with Gasteiger partial charge in [-0.25, -0.2) is 9.50 Å². The minimum Gasteiger partial charge on any atom is -0.500 e. The van der Waals surface area contributed by atoms with Gasteiger partial charge in [-0.05, 0) is 57.5 Å². The van der Waals surface area contributed by atoms with Crippen molar-refractivity contribution in [3.8, 4) is 0 Å². The van der Waals surface area contributed by atoms with Crippen LogP contribution in [0.2, 0.25) is 0 Å². The highest BCUT2D eigenvalue weighted by atomic mass is 35.5. The van der Waals surface area contributed by atoms with Crippen molar-refractivity contribution in [1.29, 1.82) is 0 Å². The van der Waals surface area contributed by atoms with Crippen molar-refractivity contribution in [3.05, 3.63) is 59.0 Å². The molecule has 1 aliphatic heterocycles. The third-order valence-electron chi connectivity index (χ3n) is 6.29. The molecule has 0 bridgehead atoms. The highest BCUT2D eigenvalue weighted by Gasteiger charge is 2.23. The Kier molecular flexibility index (Phi) is 6.64. The largest absolute Gasteiger partial charge is 0.500 e. The first-order valence-corrected chi connectivity index (χ1v) is 12.0. The first-order chi connectivity index (χ1) is 16.6. The van der Waals surface area contributed by atoms with E-state index in [9.17, 15) is 4.79 Å². The Labute approximate surface area is 203 Å². The smallest absolute Gasteiger partial charge is 0.261 e. The molecule has 1 fully saturated rings. The fourth-order valence-electron chi connectivity index (χ4n) is 4.56. The Bertz CT molecular complexity index is 1250. The van der Waals surface area contributed by atoms with Gasteiger partial charge in [0.1, 0.15) is 17.0 Å². The van der Waals surface area contributed by atoms with Gasteiger partial charge >= 0.3 is 0 Å². The molecule has 1 amide bonds. The molecular weight excluding hydrogens is 454 g/mol. The Morgan fingerprint density at radius 1 is 1.24 bits per heavy atom. The summed E-state index contributed by atoms with van der Waals surface area (Å²) in [6, 6.07) is 1.77. The molecule has 3 aromatic heterocycles. The molecule has 3 aromatic rings. The molecule has 0 unspecified atom stereocenters. The lowest BCUT2D eigenvalue weighted by Crippen LogP contribution is -2.21. The van der Waals surface area contributed by atoms with Crippen molar-refractivity contribution in [1.82, 2.24) is 29.3 Å². The van der Waals surface area contributed by atoms with E-state index in [0.717, 1.165) is 42.3 Å². The maximum Gasteiger partial charge on any atom is 0.261 e. The average Bonchev–Trinajstić information content (AvgIpc) is 3.59. The first-order valence-electron chi connectivity index (χ1n) is 11.7. The van der Waals surface area contributed by atoms with E-state index < -0.39 is 0 Å². The van der Waals surface area contributed by atoms with Crippen molar-refractivity contribution in [2.24, 2.45) is 0 Å². The summed E-state index contributed by atoms with van der Waals surface area (Å²) in [6.45, 7) is 4.15. The number of anilines is 1. The van der Waals surface area contributed by atoms with E-state index in [2.05, 4.69) is 20.3 Å². The molecule has 178 valence electrons. The Balaban J connectivity index is 1.43. The summed E-state index contributed by atoms with van der Waals surface area (Å²) in [5.74, 6) is 0.511. The van der Waals surface area contributed by atoms with Gasteiger partial charge in [-0.3, -0.25) is 9.48 Å². The number of aryl methyl sites for hydroxylation is 1. The molecule has 0 radical (unpaired) electrons. The summed E-state index contributed by atoms with van der Waals surface area (Å²) in [6.07, 6.45) is 13.6. The Hall–Kier alpha value is -3.17. The molecule has 1 aliphatic carbocycles. The Morgan fingerprint density at radius 2 is 2.09 bits per heavy atom. The first kappa shape index (κ1) is 22.6. The number of rotatable bonds is 8. The predicted octanol–water partition coefficient (Wildman–Crippen LogP) is 3.94. The SMILES string of the molecule is COC1=C(c2nn(CCCN3CCCC3)cc2NC(=O)c2cnn3cccnc23)C=C(Cl)CC1. The molecule has 1 saturated heterocycles. The summed E-state index contributed by atoms with van der Waals surface area (Å²) in [7, 11) is 1.65. The zero-order valence-electron chi connectivity index (χ0n) is 19.2. The van der Waals surface area contributed by atoms with E-state index in [4.69, 9.17) is 21.4 Å². The van der Waals surface area contributed by atoms with Gasteiger partial charge in [-0.15, -0.1) is 0 Å². The number of amides is 1. The average molecular weight is 482 g/mol. The normalized spacial score (nSPS) is 16.8. The lowest BCUT2D eigenvalue weighted by atomic mass is 10.0. The van der Waals surface area contributed by atoms with Crippen molar-refractivity contribution in [2.45, 2.75) is 38.6 Å². The summed E-state index contributed by atoms with van der Waals surface area (Å²) in [4.78, 5) is 20.0. The number of hydrogen-bond acceptors (Lipinski definition) is 6. The molecule has 5 rings (SSSR count). The number of halogens is 1. The van der Waals surface area contributed by atoms with Gasteiger partial charge in [0, 0.05) is 42.2 Å². The number of hydrogen-bond donors (Lipinski definition) is 1. The molecule has 0 spiro atoms. The van der Waals surface area contributed by atoms with Crippen LogP contribution in [0.15, 0.2) is 47.7 Å². The standard InChI is InChI=1S/C24H28ClN7O2/c1-34-21-7-6-17(25)14-18(21)22-20(16-31(29-22)12-5-11-30-9-2-3-10-30)28-24(33)19-15-27-32-13-4-8-26-23(19)32/h4,8,13-16H,2-3,5-7,9-12H2,1H3,(H,28,33). The highest BCUT2D eigenvalue weighted by Crippen LogP contribution is 2.35.